The van der Waals surface area contributed by atoms with Gasteiger partial charge < -0.3 is 15.0 Å². The van der Waals surface area contributed by atoms with Crippen LogP contribution in [-0.2, 0) is 9.53 Å². The van der Waals surface area contributed by atoms with Crippen LogP contribution in [0.2, 0.25) is 0 Å². The van der Waals surface area contributed by atoms with Crippen molar-refractivity contribution >= 4 is 16.8 Å². The molecule has 2 heterocycles. The number of carbonyl (C=O) groups is 1. The number of nitrogens with one attached hydrogen (secondary N) is 2. The Balaban J connectivity index is 1.30. The SMILES string of the molecule is O=C(CC1CCOCC1)NCC1CC(c2c(-c3ccc(F)cc3)[nH]c3c(F)cc(F)cc23)C1. The van der Waals surface area contributed by atoms with Gasteiger partial charge in [-0.25, -0.2) is 13.2 Å². The highest BCUT2D eigenvalue weighted by Crippen LogP contribution is 2.48. The number of amides is 1. The highest BCUT2D eigenvalue weighted by Gasteiger charge is 2.35. The zero-order valence-electron chi connectivity index (χ0n) is 18.3. The van der Waals surface area contributed by atoms with Crippen molar-refractivity contribution in [2.24, 2.45) is 11.8 Å². The predicted molar refractivity (Wildman–Crippen MR) is 120 cm³/mol. The minimum absolute atomic E-state index is 0.0774. The molecule has 0 radical (unpaired) electrons. The van der Waals surface area contributed by atoms with Crippen LogP contribution in [0.5, 0.6) is 0 Å². The zero-order valence-corrected chi connectivity index (χ0v) is 18.3. The molecule has 5 rings (SSSR count). The predicted octanol–water partition coefficient (Wildman–Crippen LogP) is 5.68. The molecule has 2 aliphatic rings. The molecular weight excluding hydrogens is 429 g/mol. The fraction of sp³-hybridized carbons (Fsp3) is 0.423. The molecule has 4 nitrogen and oxygen atoms in total. The topological polar surface area (TPSA) is 54.1 Å². The van der Waals surface area contributed by atoms with E-state index in [0.29, 0.717) is 35.9 Å². The number of rotatable bonds is 6. The lowest BCUT2D eigenvalue weighted by Crippen LogP contribution is -2.36. The van der Waals surface area contributed by atoms with Crippen LogP contribution in [0.25, 0.3) is 22.2 Å². The van der Waals surface area contributed by atoms with Gasteiger partial charge >= 0.3 is 0 Å². The molecule has 2 fully saturated rings. The number of carbonyl (C=O) groups excluding carboxylic acids is 1. The summed E-state index contributed by atoms with van der Waals surface area (Å²) in [6.45, 7) is 2.06. The first-order chi connectivity index (χ1) is 16.0. The molecule has 7 heteroatoms. The maximum absolute atomic E-state index is 14.5. The van der Waals surface area contributed by atoms with Crippen LogP contribution in [0.1, 0.15) is 43.6 Å². The van der Waals surface area contributed by atoms with E-state index >= 15 is 0 Å². The van der Waals surface area contributed by atoms with Gasteiger partial charge in [-0.1, -0.05) is 0 Å². The zero-order chi connectivity index (χ0) is 22.9. The number of benzene rings is 2. The van der Waals surface area contributed by atoms with E-state index in [1.54, 1.807) is 12.1 Å². The fourth-order valence-corrected chi connectivity index (χ4v) is 5.19. The highest BCUT2D eigenvalue weighted by atomic mass is 19.1. The molecule has 1 aliphatic heterocycles. The molecule has 3 aromatic rings. The Kier molecular flexibility index (Phi) is 6.15. The van der Waals surface area contributed by atoms with Crippen LogP contribution in [0, 0.1) is 29.3 Å². The normalized spacial score (nSPS) is 21.2. The van der Waals surface area contributed by atoms with Crippen LogP contribution in [0.15, 0.2) is 36.4 Å². The molecule has 1 saturated carbocycles. The Morgan fingerprint density at radius 2 is 1.73 bits per heavy atom. The average Bonchev–Trinajstić information content (AvgIpc) is 3.13. The van der Waals surface area contributed by atoms with Crippen molar-refractivity contribution in [2.45, 2.75) is 38.0 Å². The second kappa shape index (κ2) is 9.21. The molecule has 1 amide bonds. The third-order valence-electron chi connectivity index (χ3n) is 7.04. The van der Waals surface area contributed by atoms with Crippen molar-refractivity contribution in [3.63, 3.8) is 0 Å². The van der Waals surface area contributed by atoms with E-state index in [2.05, 4.69) is 10.3 Å². The van der Waals surface area contributed by atoms with Crippen molar-refractivity contribution < 1.29 is 22.7 Å². The molecule has 0 unspecified atom stereocenters. The fourth-order valence-electron chi connectivity index (χ4n) is 5.19. The summed E-state index contributed by atoms with van der Waals surface area (Å²) in [7, 11) is 0. The lowest BCUT2D eigenvalue weighted by molar-refractivity contribution is -0.123. The molecule has 2 aromatic carbocycles. The Bertz CT molecular complexity index is 1150. The number of hydrogen-bond donors (Lipinski definition) is 2. The molecule has 33 heavy (non-hydrogen) atoms. The Hall–Kier alpha value is -2.80. The number of H-pyrrole nitrogens is 1. The lowest BCUT2D eigenvalue weighted by Gasteiger charge is -2.36. The van der Waals surface area contributed by atoms with Crippen LogP contribution < -0.4 is 5.32 Å². The molecule has 174 valence electrons. The van der Waals surface area contributed by atoms with Crippen molar-refractivity contribution in [3.05, 3.63) is 59.4 Å². The monoisotopic (exact) mass is 456 g/mol. The lowest BCUT2D eigenvalue weighted by atomic mass is 9.70. The molecule has 0 bridgehead atoms. The van der Waals surface area contributed by atoms with E-state index in [4.69, 9.17) is 4.74 Å². The smallest absolute Gasteiger partial charge is 0.220 e. The van der Waals surface area contributed by atoms with Crippen molar-refractivity contribution in [3.8, 4) is 11.3 Å². The summed E-state index contributed by atoms with van der Waals surface area (Å²) in [5, 5.41) is 3.58. The highest BCUT2D eigenvalue weighted by molar-refractivity contribution is 5.92. The molecule has 0 atom stereocenters. The average molecular weight is 457 g/mol. The van der Waals surface area contributed by atoms with E-state index in [-0.39, 0.29) is 23.2 Å². The van der Waals surface area contributed by atoms with Crippen molar-refractivity contribution in [1.82, 2.24) is 10.3 Å². The largest absolute Gasteiger partial charge is 0.381 e. The van der Waals surface area contributed by atoms with Gasteiger partial charge in [0.1, 0.15) is 17.5 Å². The summed E-state index contributed by atoms with van der Waals surface area (Å²) in [6.07, 6.45) is 4.03. The molecular formula is C26H27F3N2O2. The van der Waals surface area contributed by atoms with E-state index in [1.807, 2.05) is 0 Å². The first-order valence-corrected chi connectivity index (χ1v) is 11.6. The molecule has 0 spiro atoms. The van der Waals surface area contributed by atoms with Crippen LogP contribution in [-0.4, -0.2) is 30.6 Å². The van der Waals surface area contributed by atoms with Gasteiger partial charge in [0.15, 0.2) is 0 Å². The minimum atomic E-state index is -0.643. The van der Waals surface area contributed by atoms with Crippen LogP contribution in [0.4, 0.5) is 13.2 Å². The van der Waals surface area contributed by atoms with Gasteiger partial charge in [-0.2, -0.15) is 0 Å². The van der Waals surface area contributed by atoms with Gasteiger partial charge in [0.25, 0.3) is 0 Å². The summed E-state index contributed by atoms with van der Waals surface area (Å²) in [5.74, 6) is -0.724. The van der Waals surface area contributed by atoms with Gasteiger partial charge in [0, 0.05) is 37.6 Å². The minimum Gasteiger partial charge on any atom is -0.381 e. The second-order valence-electron chi connectivity index (χ2n) is 9.33. The third kappa shape index (κ3) is 4.64. The number of aromatic nitrogens is 1. The number of aromatic amines is 1. The Morgan fingerprint density at radius 1 is 1.00 bits per heavy atom. The Labute approximate surface area is 190 Å². The first-order valence-electron chi connectivity index (χ1n) is 11.6. The van der Waals surface area contributed by atoms with E-state index in [1.165, 1.54) is 18.2 Å². The summed E-state index contributed by atoms with van der Waals surface area (Å²) >= 11 is 0. The standard InChI is InChI=1S/C26H27F3N2O2/c27-19-3-1-17(2-4-19)25-24(21-12-20(28)13-22(29)26(21)31-25)18-9-16(10-18)14-30-23(32)11-15-5-7-33-8-6-15/h1-4,12-13,15-16,18,31H,5-11,14H2,(H,30,32). The summed E-state index contributed by atoms with van der Waals surface area (Å²) in [4.78, 5) is 15.4. The van der Waals surface area contributed by atoms with Crippen molar-refractivity contribution in [2.75, 3.05) is 19.8 Å². The Morgan fingerprint density at radius 3 is 2.45 bits per heavy atom. The van der Waals surface area contributed by atoms with Gasteiger partial charge in [0.2, 0.25) is 5.91 Å². The second-order valence-corrected chi connectivity index (χ2v) is 9.33. The van der Waals surface area contributed by atoms with Gasteiger partial charge in [-0.05, 0) is 84.9 Å². The van der Waals surface area contributed by atoms with Crippen LogP contribution >= 0.6 is 0 Å². The van der Waals surface area contributed by atoms with Gasteiger partial charge in [-0.3, -0.25) is 4.79 Å². The molecule has 1 aliphatic carbocycles. The third-order valence-corrected chi connectivity index (χ3v) is 7.04. The maximum atomic E-state index is 14.5. The number of halogens is 3. The summed E-state index contributed by atoms with van der Waals surface area (Å²) in [6, 6.07) is 8.24. The quantitative estimate of drug-likeness (QED) is 0.502. The number of ether oxygens (including phenoxy) is 1. The molecule has 1 aromatic heterocycles. The van der Waals surface area contributed by atoms with E-state index < -0.39 is 11.6 Å². The summed E-state index contributed by atoms with van der Waals surface area (Å²) in [5.41, 5.74) is 2.55. The van der Waals surface area contributed by atoms with Gasteiger partial charge in [-0.15, -0.1) is 0 Å². The first kappa shape index (κ1) is 22.0. The number of hydrogen-bond acceptors (Lipinski definition) is 2. The van der Waals surface area contributed by atoms with E-state index in [9.17, 15) is 18.0 Å². The molecule has 2 N–H and O–H groups in total. The van der Waals surface area contributed by atoms with E-state index in [0.717, 1.165) is 56.1 Å². The molecule has 1 saturated heterocycles. The van der Waals surface area contributed by atoms with Crippen molar-refractivity contribution in [1.29, 1.82) is 0 Å². The van der Waals surface area contributed by atoms with Crippen LogP contribution in [0.3, 0.4) is 0 Å². The summed E-state index contributed by atoms with van der Waals surface area (Å²) < 4.78 is 47.3. The number of fused-ring (bicyclic) bond motifs is 1. The van der Waals surface area contributed by atoms with Gasteiger partial charge in [0.05, 0.1) is 11.2 Å². The maximum Gasteiger partial charge on any atom is 0.220 e.